The molecule has 1 N–H and O–H groups in total. The highest BCUT2D eigenvalue weighted by molar-refractivity contribution is 6.30. The largest absolute Gasteiger partial charge is 0.494 e. The fraction of sp³-hybridized carbons (Fsp3) is 0.429. The van der Waals surface area contributed by atoms with E-state index in [2.05, 4.69) is 12.2 Å². The van der Waals surface area contributed by atoms with Gasteiger partial charge in [-0.25, -0.2) is 0 Å². The third-order valence-electron chi connectivity index (χ3n) is 6.73. The highest BCUT2D eigenvalue weighted by Crippen LogP contribution is 2.40. The van der Waals surface area contributed by atoms with E-state index in [4.69, 9.17) is 25.8 Å². The lowest BCUT2D eigenvalue weighted by Crippen LogP contribution is -2.55. The van der Waals surface area contributed by atoms with Crippen LogP contribution in [-0.2, 0) is 9.59 Å². The zero-order valence-corrected chi connectivity index (χ0v) is 22.3. The Morgan fingerprint density at radius 3 is 2.30 bits per heavy atom. The summed E-state index contributed by atoms with van der Waals surface area (Å²) < 4.78 is 17.2. The summed E-state index contributed by atoms with van der Waals surface area (Å²) in [6.45, 7) is 3.10. The van der Waals surface area contributed by atoms with Crippen molar-refractivity contribution in [3.63, 3.8) is 0 Å². The van der Waals surface area contributed by atoms with Crippen molar-refractivity contribution in [2.75, 3.05) is 32.2 Å². The molecule has 0 radical (unpaired) electrons. The van der Waals surface area contributed by atoms with Gasteiger partial charge in [-0.15, -0.1) is 0 Å². The van der Waals surface area contributed by atoms with Crippen LogP contribution in [0.5, 0.6) is 17.2 Å². The second kappa shape index (κ2) is 12.2. The molecule has 37 heavy (non-hydrogen) atoms. The zero-order valence-electron chi connectivity index (χ0n) is 21.5. The number of anilines is 1. The van der Waals surface area contributed by atoms with Crippen LogP contribution in [0.2, 0.25) is 5.02 Å². The summed E-state index contributed by atoms with van der Waals surface area (Å²) in [5, 5.41) is 3.96. The van der Waals surface area contributed by atoms with Crippen LogP contribution in [-0.4, -0.2) is 56.3 Å². The summed E-state index contributed by atoms with van der Waals surface area (Å²) in [5.41, 5.74) is 0.609. The van der Waals surface area contributed by atoms with E-state index in [0.717, 1.165) is 25.0 Å². The molecular formula is C28H34ClN3O5. The lowest BCUT2D eigenvalue weighted by molar-refractivity contribution is -0.131. The van der Waals surface area contributed by atoms with Crippen molar-refractivity contribution >= 4 is 29.1 Å². The molecule has 2 amide bonds. The van der Waals surface area contributed by atoms with Gasteiger partial charge in [0.05, 0.1) is 14.2 Å². The molecule has 1 unspecified atom stereocenters. The predicted molar refractivity (Wildman–Crippen MR) is 143 cm³/mol. The fourth-order valence-corrected chi connectivity index (χ4v) is 4.86. The summed E-state index contributed by atoms with van der Waals surface area (Å²) in [4.78, 5) is 30.7. The molecule has 9 heteroatoms. The number of likely N-dealkylation sites (tertiary alicyclic amines) is 1. The van der Waals surface area contributed by atoms with Gasteiger partial charge in [-0.2, -0.15) is 0 Å². The number of benzene rings is 2. The van der Waals surface area contributed by atoms with E-state index >= 15 is 0 Å². The molecule has 2 aliphatic rings. The summed E-state index contributed by atoms with van der Waals surface area (Å²) in [5.74, 6) is 1.10. The maximum absolute atomic E-state index is 13.9. The predicted octanol–water partition coefficient (Wildman–Crippen LogP) is 4.76. The molecule has 1 saturated heterocycles. The smallest absolute Gasteiger partial charge is 0.267 e. The lowest BCUT2D eigenvalue weighted by atomic mass is 10.0. The van der Waals surface area contributed by atoms with Gasteiger partial charge in [0, 0.05) is 37.2 Å². The normalized spacial score (nSPS) is 18.2. The second-order valence-corrected chi connectivity index (χ2v) is 9.57. The number of para-hydroxylation sites is 1. The first kappa shape index (κ1) is 26.7. The Labute approximate surface area is 223 Å². The molecular weight excluding hydrogens is 494 g/mol. The number of hydrogen-bond acceptors (Lipinski definition) is 6. The first-order chi connectivity index (χ1) is 18.0. The van der Waals surface area contributed by atoms with E-state index < -0.39 is 0 Å². The summed E-state index contributed by atoms with van der Waals surface area (Å²) in [6.07, 6.45) is 5.19. The molecule has 1 atom stereocenters. The number of methoxy groups -OCH3 is 2. The van der Waals surface area contributed by atoms with Gasteiger partial charge in [-0.3, -0.25) is 14.5 Å². The summed E-state index contributed by atoms with van der Waals surface area (Å²) in [7, 11) is 3.11. The van der Waals surface area contributed by atoms with Crippen LogP contribution in [0.4, 0.5) is 5.69 Å². The Hall–Kier alpha value is -3.39. The van der Waals surface area contributed by atoms with Gasteiger partial charge in [0.25, 0.3) is 11.8 Å². The van der Waals surface area contributed by atoms with Gasteiger partial charge in [0.2, 0.25) is 0 Å². The second-order valence-electron chi connectivity index (χ2n) is 9.13. The van der Waals surface area contributed by atoms with Crippen LogP contribution >= 0.6 is 11.6 Å². The maximum atomic E-state index is 13.9. The van der Waals surface area contributed by atoms with Crippen molar-refractivity contribution in [3.05, 3.63) is 59.3 Å². The Bertz CT molecular complexity index is 1110. The van der Waals surface area contributed by atoms with Crippen molar-refractivity contribution in [1.29, 1.82) is 0 Å². The number of ether oxygens (including phenoxy) is 3. The number of nitrogens with zero attached hydrogens (tertiary/aromatic N) is 2. The molecule has 198 valence electrons. The molecule has 8 nitrogen and oxygen atoms in total. The van der Waals surface area contributed by atoms with E-state index in [-0.39, 0.29) is 29.7 Å². The van der Waals surface area contributed by atoms with Crippen molar-refractivity contribution in [2.45, 2.75) is 51.3 Å². The highest BCUT2D eigenvalue weighted by Gasteiger charge is 2.39. The minimum absolute atomic E-state index is 0.00727. The van der Waals surface area contributed by atoms with Gasteiger partial charge < -0.3 is 24.4 Å². The van der Waals surface area contributed by atoms with Crippen molar-refractivity contribution < 1.29 is 23.8 Å². The number of nitrogens with one attached hydrogen (secondary N) is 1. The number of rotatable bonds is 9. The van der Waals surface area contributed by atoms with Crippen LogP contribution in [0.15, 0.2) is 54.2 Å². The maximum Gasteiger partial charge on any atom is 0.267 e. The van der Waals surface area contributed by atoms with Crippen LogP contribution in [0.1, 0.15) is 39.0 Å². The Morgan fingerprint density at radius 2 is 1.70 bits per heavy atom. The molecule has 2 aliphatic heterocycles. The number of piperidine rings is 1. The topological polar surface area (TPSA) is 80.3 Å². The molecule has 0 bridgehead atoms. The van der Waals surface area contributed by atoms with Crippen LogP contribution < -0.4 is 24.4 Å². The molecule has 0 aromatic heterocycles. The van der Waals surface area contributed by atoms with Crippen molar-refractivity contribution in [2.24, 2.45) is 0 Å². The average molecular weight is 528 g/mol. The monoisotopic (exact) mass is 527 g/mol. The van der Waals surface area contributed by atoms with Crippen molar-refractivity contribution in [3.8, 4) is 17.2 Å². The van der Waals surface area contributed by atoms with E-state index in [1.165, 1.54) is 0 Å². The minimum Gasteiger partial charge on any atom is -0.494 e. The van der Waals surface area contributed by atoms with E-state index in [9.17, 15) is 9.59 Å². The van der Waals surface area contributed by atoms with Crippen LogP contribution in [0, 0.1) is 0 Å². The Balaban J connectivity index is 1.51. The number of unbranched alkanes of at least 4 members (excludes halogenated alkanes) is 1. The lowest BCUT2D eigenvalue weighted by Gasteiger charge is -2.39. The first-order valence-corrected chi connectivity index (χ1v) is 13.1. The third kappa shape index (κ3) is 5.96. The third-order valence-corrected chi connectivity index (χ3v) is 6.98. The first-order valence-electron chi connectivity index (χ1n) is 12.7. The molecule has 4 rings (SSSR count). The molecule has 0 spiro atoms. The van der Waals surface area contributed by atoms with Crippen LogP contribution in [0.25, 0.3) is 0 Å². The molecule has 0 aliphatic carbocycles. The average Bonchev–Trinajstić information content (AvgIpc) is 2.93. The quantitative estimate of drug-likeness (QED) is 0.473. The number of halogens is 1. The molecule has 2 aromatic rings. The van der Waals surface area contributed by atoms with Gasteiger partial charge >= 0.3 is 0 Å². The van der Waals surface area contributed by atoms with Gasteiger partial charge in [-0.05, 0) is 49.2 Å². The van der Waals surface area contributed by atoms with E-state index in [1.807, 2.05) is 18.2 Å². The molecule has 1 fully saturated rings. The van der Waals surface area contributed by atoms with E-state index in [1.54, 1.807) is 54.5 Å². The van der Waals surface area contributed by atoms with Gasteiger partial charge in [0.15, 0.2) is 0 Å². The summed E-state index contributed by atoms with van der Waals surface area (Å²) >= 11 is 5.96. The SMILES string of the molecule is CCCCC1NC=C(C(=O)N2CCC(Oc3ccc(Cl)cc3)CC2)C(=O)N1c1c(OC)cccc1OC. The van der Waals surface area contributed by atoms with E-state index in [0.29, 0.717) is 48.1 Å². The van der Waals surface area contributed by atoms with Gasteiger partial charge in [0.1, 0.15) is 40.8 Å². The number of hydrogen-bond donors (Lipinski definition) is 1. The fourth-order valence-electron chi connectivity index (χ4n) is 4.73. The van der Waals surface area contributed by atoms with Crippen LogP contribution in [0.3, 0.4) is 0 Å². The number of carbonyl (C=O) groups is 2. The molecule has 2 heterocycles. The van der Waals surface area contributed by atoms with Crippen molar-refractivity contribution in [1.82, 2.24) is 10.2 Å². The highest BCUT2D eigenvalue weighted by atomic mass is 35.5. The number of carbonyl (C=O) groups excluding carboxylic acids is 2. The summed E-state index contributed by atoms with van der Waals surface area (Å²) in [6, 6.07) is 12.6. The minimum atomic E-state index is -0.368. The Kier molecular flexibility index (Phi) is 8.82. The zero-order chi connectivity index (χ0) is 26.4. The molecule has 2 aromatic carbocycles. The standard InChI is InChI=1S/C28H34ClN3O5/c1-4-5-9-25-30-18-22(28(34)32(25)26-23(35-2)7-6-8-24(26)36-3)27(33)31-16-14-21(15-17-31)37-20-12-10-19(29)11-13-20/h6-8,10-13,18,21,25,30H,4-5,9,14-17H2,1-3H3. The van der Waals surface area contributed by atoms with Gasteiger partial charge in [-0.1, -0.05) is 31.0 Å². The molecule has 0 saturated carbocycles. The number of amides is 2. The Morgan fingerprint density at radius 1 is 1.05 bits per heavy atom.